The third kappa shape index (κ3) is 4.52. The van der Waals surface area contributed by atoms with Crippen LogP contribution < -0.4 is 14.2 Å². The summed E-state index contributed by atoms with van der Waals surface area (Å²) in [4.78, 5) is 13.2. The van der Waals surface area contributed by atoms with Crippen molar-refractivity contribution in [1.29, 1.82) is 0 Å². The lowest BCUT2D eigenvalue weighted by molar-refractivity contribution is -0.145. The van der Waals surface area contributed by atoms with E-state index in [0.29, 0.717) is 23.7 Å². The van der Waals surface area contributed by atoms with Gasteiger partial charge >= 0.3 is 5.97 Å². The fraction of sp³-hybridized carbons (Fsp3) is 0.269. The molecule has 1 N–H and O–H groups in total. The number of carbonyl (C=O) groups excluding carboxylic acids is 1. The van der Waals surface area contributed by atoms with E-state index in [9.17, 15) is 9.90 Å². The summed E-state index contributed by atoms with van der Waals surface area (Å²) in [5.74, 6) is 0.0569. The van der Waals surface area contributed by atoms with Crippen LogP contribution in [-0.4, -0.2) is 24.8 Å². The number of halogens is 1. The van der Waals surface area contributed by atoms with Crippen LogP contribution >= 0.6 is 15.9 Å². The van der Waals surface area contributed by atoms with Crippen molar-refractivity contribution in [3.8, 4) is 17.2 Å². The van der Waals surface area contributed by atoms with Gasteiger partial charge in [0, 0.05) is 22.0 Å². The van der Waals surface area contributed by atoms with Crippen LogP contribution in [0.25, 0.3) is 0 Å². The fourth-order valence-electron chi connectivity index (χ4n) is 4.08. The van der Waals surface area contributed by atoms with Crippen molar-refractivity contribution < 1.29 is 24.1 Å². The summed E-state index contributed by atoms with van der Waals surface area (Å²) >= 11 is 3.42. The molecule has 0 aromatic heterocycles. The van der Waals surface area contributed by atoms with Gasteiger partial charge in [0.15, 0.2) is 0 Å². The van der Waals surface area contributed by atoms with Crippen molar-refractivity contribution >= 4 is 21.9 Å². The Labute approximate surface area is 196 Å². The lowest BCUT2D eigenvalue weighted by Gasteiger charge is -2.35. The van der Waals surface area contributed by atoms with E-state index in [4.69, 9.17) is 14.2 Å². The highest BCUT2D eigenvalue weighted by Crippen LogP contribution is 2.48. The molecule has 32 heavy (non-hydrogen) atoms. The molecule has 3 aromatic carbocycles. The van der Waals surface area contributed by atoms with Gasteiger partial charge in [0.1, 0.15) is 17.2 Å². The number of esters is 1. The van der Waals surface area contributed by atoms with Gasteiger partial charge < -0.3 is 19.3 Å². The van der Waals surface area contributed by atoms with Crippen LogP contribution in [0.1, 0.15) is 42.1 Å². The Morgan fingerprint density at radius 1 is 1.06 bits per heavy atom. The maximum Gasteiger partial charge on any atom is 0.318 e. The van der Waals surface area contributed by atoms with E-state index >= 15 is 0 Å². The van der Waals surface area contributed by atoms with Gasteiger partial charge in [0.2, 0.25) is 0 Å². The normalized spacial score (nSPS) is 18.4. The van der Waals surface area contributed by atoms with Gasteiger partial charge in [0.05, 0.1) is 25.7 Å². The topological polar surface area (TPSA) is 65.0 Å². The van der Waals surface area contributed by atoms with E-state index in [2.05, 4.69) is 22.9 Å². The lowest BCUT2D eigenvalue weighted by Crippen LogP contribution is -2.36. The molecular formula is C26H25BrO5. The highest BCUT2D eigenvalue weighted by atomic mass is 79.9. The molecule has 4 rings (SSSR count). The number of hydrogen-bond acceptors (Lipinski definition) is 5. The third-order valence-corrected chi connectivity index (χ3v) is 6.17. The zero-order valence-electron chi connectivity index (χ0n) is 18.0. The molecule has 1 unspecified atom stereocenters. The molecule has 1 aliphatic rings. The van der Waals surface area contributed by atoms with E-state index in [1.165, 1.54) is 0 Å². The average Bonchev–Trinajstić information content (AvgIpc) is 2.81. The minimum atomic E-state index is -1.05. The van der Waals surface area contributed by atoms with E-state index < -0.39 is 23.9 Å². The van der Waals surface area contributed by atoms with Gasteiger partial charge in [-0.2, -0.15) is 0 Å². The molecule has 6 heteroatoms. The van der Waals surface area contributed by atoms with Crippen LogP contribution in [0.5, 0.6) is 17.2 Å². The van der Waals surface area contributed by atoms with E-state index in [1.807, 2.05) is 60.7 Å². The second kappa shape index (κ2) is 9.76. The summed E-state index contributed by atoms with van der Waals surface area (Å²) in [5, 5.41) is 11.3. The number of aliphatic hydroxyl groups is 1. The Morgan fingerprint density at radius 3 is 2.56 bits per heavy atom. The van der Waals surface area contributed by atoms with Crippen LogP contribution in [0.4, 0.5) is 0 Å². The smallest absolute Gasteiger partial charge is 0.318 e. The second-order valence-electron chi connectivity index (χ2n) is 7.75. The Bertz CT molecular complexity index is 1100. The van der Waals surface area contributed by atoms with Gasteiger partial charge in [-0.3, -0.25) is 4.79 Å². The van der Waals surface area contributed by atoms with E-state index in [0.717, 1.165) is 27.8 Å². The number of aliphatic hydroxyl groups excluding tert-OH is 1. The summed E-state index contributed by atoms with van der Waals surface area (Å²) in [6, 6.07) is 20.5. The van der Waals surface area contributed by atoms with Crippen LogP contribution in [0, 0.1) is 5.92 Å². The van der Waals surface area contributed by atoms with Gasteiger partial charge in [-0.1, -0.05) is 53.2 Å². The van der Waals surface area contributed by atoms with Gasteiger partial charge in [-0.15, -0.1) is 0 Å². The maximum absolute atomic E-state index is 13.2. The summed E-state index contributed by atoms with van der Waals surface area (Å²) in [5.41, 5.74) is 2.34. The first kappa shape index (κ1) is 22.4. The van der Waals surface area contributed by atoms with Gasteiger partial charge in [0.25, 0.3) is 0 Å². The number of benzene rings is 3. The highest BCUT2D eigenvalue weighted by Gasteiger charge is 2.43. The van der Waals surface area contributed by atoms with Crippen molar-refractivity contribution in [2.45, 2.75) is 25.4 Å². The molecule has 1 aliphatic heterocycles. The standard InChI is InChI=1S/C26H25BrO5/c1-3-13-31-20-6-4-5-17(14-20)23-21-12-11-19(30-2)15-22(21)32-26(29)24(23)25(28)16-7-9-18(27)10-8-16/h4-12,14-15,23-25,28H,3,13H2,1-2H3/t23-,24-,25?/m0/s1. The molecule has 0 saturated heterocycles. The SMILES string of the molecule is CCCOc1cccc([C@H]2c3ccc(OC)cc3OC(=O)[C@@H]2C(O)c2ccc(Br)cc2)c1. The molecule has 166 valence electrons. The quantitative estimate of drug-likeness (QED) is 0.338. The van der Waals surface area contributed by atoms with E-state index in [1.54, 1.807) is 13.2 Å². The van der Waals surface area contributed by atoms with Crippen molar-refractivity contribution in [1.82, 2.24) is 0 Å². The summed E-state index contributed by atoms with van der Waals surface area (Å²) < 4.78 is 17.7. The van der Waals surface area contributed by atoms with Crippen LogP contribution in [0.3, 0.4) is 0 Å². The zero-order chi connectivity index (χ0) is 22.7. The highest BCUT2D eigenvalue weighted by molar-refractivity contribution is 9.10. The van der Waals surface area contributed by atoms with Crippen LogP contribution in [-0.2, 0) is 4.79 Å². The molecule has 1 heterocycles. The second-order valence-corrected chi connectivity index (χ2v) is 8.66. The number of fused-ring (bicyclic) bond motifs is 1. The zero-order valence-corrected chi connectivity index (χ0v) is 19.5. The number of ether oxygens (including phenoxy) is 3. The maximum atomic E-state index is 13.2. The first-order valence-corrected chi connectivity index (χ1v) is 11.4. The molecule has 0 radical (unpaired) electrons. The third-order valence-electron chi connectivity index (χ3n) is 5.64. The van der Waals surface area contributed by atoms with Gasteiger partial charge in [-0.05, 0) is 47.9 Å². The molecule has 3 aromatic rings. The van der Waals surface area contributed by atoms with Crippen LogP contribution in [0.15, 0.2) is 71.2 Å². The minimum absolute atomic E-state index is 0.416. The molecule has 0 bridgehead atoms. The van der Waals surface area contributed by atoms with Crippen molar-refractivity contribution in [3.63, 3.8) is 0 Å². The fourth-order valence-corrected chi connectivity index (χ4v) is 4.34. The predicted octanol–water partition coefficient (Wildman–Crippen LogP) is 5.65. The monoisotopic (exact) mass is 496 g/mol. The number of rotatable bonds is 7. The van der Waals surface area contributed by atoms with Crippen molar-refractivity contribution in [2.75, 3.05) is 13.7 Å². The largest absolute Gasteiger partial charge is 0.497 e. The molecule has 0 fully saturated rings. The minimum Gasteiger partial charge on any atom is -0.497 e. The number of hydrogen-bond donors (Lipinski definition) is 1. The molecule has 0 saturated carbocycles. The lowest BCUT2D eigenvalue weighted by atomic mass is 9.74. The van der Waals surface area contributed by atoms with E-state index in [-0.39, 0.29) is 0 Å². The van der Waals surface area contributed by atoms with Crippen molar-refractivity contribution in [3.05, 3.63) is 87.9 Å². The number of carbonyl (C=O) groups is 1. The predicted molar refractivity (Wildman–Crippen MR) is 125 cm³/mol. The molecule has 5 nitrogen and oxygen atoms in total. The Hall–Kier alpha value is -2.83. The summed E-state index contributed by atoms with van der Waals surface area (Å²) in [7, 11) is 1.57. The first-order valence-electron chi connectivity index (χ1n) is 10.6. The van der Waals surface area contributed by atoms with Crippen molar-refractivity contribution in [2.24, 2.45) is 5.92 Å². The molecule has 0 amide bonds. The summed E-state index contributed by atoms with van der Waals surface area (Å²) in [6.45, 7) is 2.66. The average molecular weight is 497 g/mol. The number of methoxy groups -OCH3 is 1. The first-order chi connectivity index (χ1) is 15.5. The molecule has 3 atom stereocenters. The molecule has 0 spiro atoms. The van der Waals surface area contributed by atoms with Crippen LogP contribution in [0.2, 0.25) is 0 Å². The molecule has 0 aliphatic carbocycles. The Kier molecular flexibility index (Phi) is 6.82. The Balaban J connectivity index is 1.82. The summed E-state index contributed by atoms with van der Waals surface area (Å²) in [6.07, 6.45) is -0.149. The molecular weight excluding hydrogens is 472 g/mol. The Morgan fingerprint density at radius 2 is 1.84 bits per heavy atom. The van der Waals surface area contributed by atoms with Gasteiger partial charge in [-0.25, -0.2) is 0 Å².